The van der Waals surface area contributed by atoms with E-state index in [1.54, 1.807) is 0 Å². The summed E-state index contributed by atoms with van der Waals surface area (Å²) in [6, 6.07) is 0.0466. The normalized spacial score (nSPS) is 24.3. The zero-order valence-corrected chi connectivity index (χ0v) is 14.9. The summed E-state index contributed by atoms with van der Waals surface area (Å²) in [6.45, 7) is 10.6. The number of likely N-dealkylation sites (tertiary alicyclic amines) is 1. The second-order valence-electron chi connectivity index (χ2n) is 7.09. The van der Waals surface area contributed by atoms with Crippen LogP contribution in [0.25, 0.3) is 0 Å². The van der Waals surface area contributed by atoms with Gasteiger partial charge >= 0.3 is 0 Å². The van der Waals surface area contributed by atoms with E-state index in [2.05, 4.69) is 35.8 Å². The van der Waals surface area contributed by atoms with Gasteiger partial charge < -0.3 is 14.2 Å². The van der Waals surface area contributed by atoms with E-state index in [0.717, 1.165) is 31.8 Å². The average molecular weight is 336 g/mol. The predicted octanol–water partition coefficient (Wildman–Crippen LogP) is 1.82. The van der Waals surface area contributed by atoms with E-state index in [0.29, 0.717) is 32.2 Å². The van der Waals surface area contributed by atoms with Gasteiger partial charge in [0.1, 0.15) is 0 Å². The molecular weight excluding hydrogens is 308 g/mol. The van der Waals surface area contributed by atoms with Crippen molar-refractivity contribution in [2.45, 2.75) is 45.6 Å². The minimum absolute atomic E-state index is 0.0466. The molecule has 0 bridgehead atoms. The lowest BCUT2D eigenvalue weighted by atomic mass is 9.95. The largest absolute Gasteiger partial charge is 0.378 e. The van der Waals surface area contributed by atoms with Crippen LogP contribution in [0.2, 0.25) is 0 Å². The van der Waals surface area contributed by atoms with Crippen molar-refractivity contribution in [1.29, 1.82) is 0 Å². The van der Waals surface area contributed by atoms with E-state index in [4.69, 9.17) is 9.26 Å². The van der Waals surface area contributed by atoms with Crippen LogP contribution in [-0.2, 0) is 9.53 Å². The molecule has 1 amide bonds. The van der Waals surface area contributed by atoms with Gasteiger partial charge in [0, 0.05) is 25.6 Å². The highest BCUT2D eigenvalue weighted by atomic mass is 16.5. The van der Waals surface area contributed by atoms with Crippen molar-refractivity contribution in [1.82, 2.24) is 19.9 Å². The Morgan fingerprint density at radius 2 is 1.96 bits per heavy atom. The molecule has 0 N–H and O–H groups in total. The molecule has 24 heavy (non-hydrogen) atoms. The average Bonchev–Trinajstić information content (AvgIpc) is 3.12. The van der Waals surface area contributed by atoms with Gasteiger partial charge in [0.2, 0.25) is 11.8 Å². The van der Waals surface area contributed by atoms with Crippen LogP contribution in [0.3, 0.4) is 0 Å². The molecule has 7 nitrogen and oxygen atoms in total. The van der Waals surface area contributed by atoms with Gasteiger partial charge in [-0.15, -0.1) is 0 Å². The summed E-state index contributed by atoms with van der Waals surface area (Å²) in [4.78, 5) is 21.5. The van der Waals surface area contributed by atoms with Crippen molar-refractivity contribution < 1.29 is 14.1 Å². The molecule has 7 heteroatoms. The number of ether oxygens (including phenoxy) is 1. The Morgan fingerprint density at radius 1 is 1.21 bits per heavy atom. The number of piperidine rings is 1. The Bertz CT molecular complexity index is 554. The van der Waals surface area contributed by atoms with E-state index in [1.165, 1.54) is 0 Å². The van der Waals surface area contributed by atoms with Crippen molar-refractivity contribution in [2.24, 2.45) is 5.92 Å². The summed E-state index contributed by atoms with van der Waals surface area (Å²) in [5, 5.41) is 4.06. The van der Waals surface area contributed by atoms with Crippen LogP contribution in [0, 0.1) is 5.92 Å². The smallest absolute Gasteiger partial charge is 0.243 e. The van der Waals surface area contributed by atoms with Gasteiger partial charge in [-0.2, -0.15) is 4.98 Å². The summed E-state index contributed by atoms with van der Waals surface area (Å²) in [6.07, 6.45) is 1.98. The van der Waals surface area contributed by atoms with Crippen molar-refractivity contribution in [3.8, 4) is 0 Å². The summed E-state index contributed by atoms with van der Waals surface area (Å²) in [5.74, 6) is 1.98. The molecule has 1 aromatic heterocycles. The second kappa shape index (κ2) is 7.61. The van der Waals surface area contributed by atoms with Crippen LogP contribution >= 0.6 is 0 Å². The van der Waals surface area contributed by atoms with Crippen LogP contribution in [-0.4, -0.2) is 65.2 Å². The van der Waals surface area contributed by atoms with Crippen molar-refractivity contribution in [3.05, 3.63) is 11.7 Å². The molecule has 134 valence electrons. The van der Waals surface area contributed by atoms with E-state index >= 15 is 0 Å². The molecular formula is C17H28N4O3. The lowest BCUT2D eigenvalue weighted by molar-refractivity contribution is -0.141. The number of rotatable bonds is 4. The number of nitrogens with zero attached hydrogens (tertiary/aromatic N) is 4. The maximum absolute atomic E-state index is 12.7. The fourth-order valence-corrected chi connectivity index (χ4v) is 3.41. The zero-order valence-electron chi connectivity index (χ0n) is 14.9. The Kier molecular flexibility index (Phi) is 5.50. The molecule has 2 atom stereocenters. The van der Waals surface area contributed by atoms with E-state index in [-0.39, 0.29) is 23.8 Å². The molecule has 0 spiro atoms. The molecule has 1 aromatic rings. The van der Waals surface area contributed by atoms with E-state index < -0.39 is 0 Å². The molecule has 2 aliphatic rings. The Balaban J connectivity index is 1.62. The molecule has 3 heterocycles. The van der Waals surface area contributed by atoms with Crippen LogP contribution in [0.5, 0.6) is 0 Å². The van der Waals surface area contributed by atoms with Gasteiger partial charge in [0.05, 0.1) is 25.2 Å². The maximum atomic E-state index is 12.7. The summed E-state index contributed by atoms with van der Waals surface area (Å²) in [7, 11) is 0. The van der Waals surface area contributed by atoms with Gasteiger partial charge in [-0.1, -0.05) is 19.0 Å². The Morgan fingerprint density at radius 3 is 2.62 bits per heavy atom. The topological polar surface area (TPSA) is 71.7 Å². The standard InChI is InChI=1S/C17H28N4O3/c1-12(2)15-18-16(24-19-15)13(3)21-6-4-5-14(11-21)17(22)20-7-9-23-10-8-20/h12-14H,4-11H2,1-3H3/t13-,14+/m1/s1. The molecule has 0 aromatic carbocycles. The molecule has 0 saturated carbocycles. The van der Waals surface area contributed by atoms with Crippen molar-refractivity contribution in [2.75, 3.05) is 39.4 Å². The van der Waals surface area contributed by atoms with Crippen LogP contribution in [0.15, 0.2) is 4.52 Å². The van der Waals surface area contributed by atoms with Gasteiger partial charge in [-0.25, -0.2) is 0 Å². The number of carbonyl (C=O) groups is 1. The SMILES string of the molecule is CC(C)c1noc([C@@H](C)N2CCC[C@H](C(=O)N3CCOCC3)C2)n1. The fourth-order valence-electron chi connectivity index (χ4n) is 3.41. The predicted molar refractivity (Wildman–Crippen MR) is 88.5 cm³/mol. The maximum Gasteiger partial charge on any atom is 0.243 e. The first-order valence-corrected chi connectivity index (χ1v) is 9.00. The van der Waals surface area contributed by atoms with E-state index in [1.807, 2.05) is 4.90 Å². The first-order chi connectivity index (χ1) is 11.6. The first kappa shape index (κ1) is 17.4. The third kappa shape index (κ3) is 3.78. The Hall–Kier alpha value is -1.47. The highest BCUT2D eigenvalue weighted by Crippen LogP contribution is 2.27. The molecule has 2 saturated heterocycles. The summed E-state index contributed by atoms with van der Waals surface area (Å²) < 4.78 is 10.8. The molecule has 2 aliphatic heterocycles. The highest BCUT2D eigenvalue weighted by Gasteiger charge is 2.33. The fraction of sp³-hybridized carbons (Fsp3) is 0.824. The number of hydrogen-bond acceptors (Lipinski definition) is 6. The third-order valence-electron chi connectivity index (χ3n) is 5.00. The molecule has 0 radical (unpaired) electrons. The molecule has 0 aliphatic carbocycles. The van der Waals surface area contributed by atoms with Gasteiger partial charge in [0.15, 0.2) is 5.82 Å². The molecule has 0 unspecified atom stereocenters. The van der Waals surface area contributed by atoms with Crippen molar-refractivity contribution >= 4 is 5.91 Å². The second-order valence-corrected chi connectivity index (χ2v) is 7.09. The minimum atomic E-state index is 0.0466. The van der Waals surface area contributed by atoms with Crippen LogP contribution in [0.4, 0.5) is 0 Å². The van der Waals surface area contributed by atoms with Gasteiger partial charge in [-0.05, 0) is 26.3 Å². The lowest BCUT2D eigenvalue weighted by Crippen LogP contribution is -2.48. The summed E-state index contributed by atoms with van der Waals surface area (Å²) in [5.41, 5.74) is 0. The highest BCUT2D eigenvalue weighted by molar-refractivity contribution is 5.79. The Labute approximate surface area is 143 Å². The number of morpholine rings is 1. The van der Waals surface area contributed by atoms with Gasteiger partial charge in [0.25, 0.3) is 0 Å². The minimum Gasteiger partial charge on any atom is -0.378 e. The molecule has 2 fully saturated rings. The number of carbonyl (C=O) groups excluding carboxylic acids is 1. The van der Waals surface area contributed by atoms with Crippen LogP contribution < -0.4 is 0 Å². The quantitative estimate of drug-likeness (QED) is 0.835. The third-order valence-corrected chi connectivity index (χ3v) is 5.00. The number of hydrogen-bond donors (Lipinski definition) is 0. The van der Waals surface area contributed by atoms with Crippen molar-refractivity contribution in [3.63, 3.8) is 0 Å². The number of amides is 1. The van der Waals surface area contributed by atoms with E-state index in [9.17, 15) is 4.79 Å². The lowest BCUT2D eigenvalue weighted by Gasteiger charge is -2.37. The van der Waals surface area contributed by atoms with Gasteiger partial charge in [-0.3, -0.25) is 9.69 Å². The summed E-state index contributed by atoms with van der Waals surface area (Å²) >= 11 is 0. The first-order valence-electron chi connectivity index (χ1n) is 9.00. The van der Waals surface area contributed by atoms with Crippen LogP contribution in [0.1, 0.15) is 57.3 Å². The number of aromatic nitrogens is 2. The molecule has 3 rings (SSSR count). The zero-order chi connectivity index (χ0) is 17.1. The monoisotopic (exact) mass is 336 g/mol.